The molecule has 2 rings (SSSR count). The molecule has 0 aliphatic heterocycles. The third kappa shape index (κ3) is 4.43. The van der Waals surface area contributed by atoms with Crippen LogP contribution in [0.1, 0.15) is 20.7 Å². The van der Waals surface area contributed by atoms with Gasteiger partial charge in [0.15, 0.2) is 12.4 Å². The zero-order valence-corrected chi connectivity index (χ0v) is 14.5. The Labute approximate surface area is 145 Å². The molecule has 0 saturated heterocycles. The van der Waals surface area contributed by atoms with Crippen LogP contribution < -0.4 is 9.46 Å². The molecular formula is C17H17NO6S. The predicted octanol–water partition coefficient (Wildman–Crippen LogP) is 1.64. The largest absolute Gasteiger partial charge is 0.495 e. The highest BCUT2D eigenvalue weighted by atomic mass is 32.2. The minimum atomic E-state index is -3.82. The Hall–Kier alpha value is -2.71. The first-order valence-electron chi connectivity index (χ1n) is 7.26. The van der Waals surface area contributed by atoms with Gasteiger partial charge in [0.25, 0.3) is 0 Å². The molecule has 0 radical (unpaired) electrons. The van der Waals surface area contributed by atoms with Crippen molar-refractivity contribution < 1.29 is 27.5 Å². The molecule has 0 amide bonds. The Morgan fingerprint density at radius 1 is 1.04 bits per heavy atom. The van der Waals surface area contributed by atoms with Crippen LogP contribution in [0.3, 0.4) is 0 Å². The van der Waals surface area contributed by atoms with Crippen LogP contribution in [0.5, 0.6) is 5.75 Å². The van der Waals surface area contributed by atoms with Gasteiger partial charge < -0.3 is 9.47 Å². The Balaban J connectivity index is 2.17. The van der Waals surface area contributed by atoms with Crippen molar-refractivity contribution in [2.45, 2.75) is 4.90 Å². The molecule has 25 heavy (non-hydrogen) atoms. The lowest BCUT2D eigenvalue weighted by molar-refractivity contribution is 0.0474. The summed E-state index contributed by atoms with van der Waals surface area (Å²) in [6.45, 7) is -0.441. The van der Waals surface area contributed by atoms with Crippen molar-refractivity contribution in [2.75, 3.05) is 20.8 Å². The van der Waals surface area contributed by atoms with Crippen LogP contribution in [0.4, 0.5) is 0 Å². The maximum Gasteiger partial charge on any atom is 0.338 e. The van der Waals surface area contributed by atoms with Gasteiger partial charge >= 0.3 is 5.97 Å². The van der Waals surface area contributed by atoms with E-state index >= 15 is 0 Å². The highest BCUT2D eigenvalue weighted by molar-refractivity contribution is 7.89. The van der Waals surface area contributed by atoms with Gasteiger partial charge in [0.05, 0.1) is 12.7 Å². The fraction of sp³-hybridized carbons (Fsp3) is 0.176. The number of ether oxygens (including phenoxy) is 2. The molecule has 0 bridgehead atoms. The summed E-state index contributed by atoms with van der Waals surface area (Å²) in [5.74, 6) is -1.07. The number of carbonyl (C=O) groups excluding carboxylic acids is 2. The molecule has 8 heteroatoms. The summed E-state index contributed by atoms with van der Waals surface area (Å²) >= 11 is 0. The molecule has 0 aliphatic rings. The van der Waals surface area contributed by atoms with Crippen LogP contribution >= 0.6 is 0 Å². The van der Waals surface area contributed by atoms with Crippen molar-refractivity contribution >= 4 is 21.8 Å². The highest BCUT2D eigenvalue weighted by Crippen LogP contribution is 2.25. The molecule has 0 aromatic heterocycles. The van der Waals surface area contributed by atoms with Gasteiger partial charge in [-0.2, -0.15) is 0 Å². The lowest BCUT2D eigenvalue weighted by Gasteiger charge is -2.10. The van der Waals surface area contributed by atoms with Gasteiger partial charge in [-0.1, -0.05) is 30.3 Å². The quantitative estimate of drug-likeness (QED) is 0.593. The van der Waals surface area contributed by atoms with Crippen LogP contribution in [0, 0.1) is 0 Å². The maximum atomic E-state index is 12.1. The number of esters is 1. The van der Waals surface area contributed by atoms with Crippen LogP contribution in [-0.4, -0.2) is 40.9 Å². The predicted molar refractivity (Wildman–Crippen MR) is 90.3 cm³/mol. The number of carbonyl (C=O) groups is 2. The van der Waals surface area contributed by atoms with Crippen molar-refractivity contribution in [1.82, 2.24) is 4.72 Å². The summed E-state index contributed by atoms with van der Waals surface area (Å²) in [5, 5.41) is 0. The monoisotopic (exact) mass is 363 g/mol. The van der Waals surface area contributed by atoms with Crippen LogP contribution in [0.25, 0.3) is 0 Å². The first-order chi connectivity index (χ1) is 11.9. The van der Waals surface area contributed by atoms with E-state index < -0.39 is 22.6 Å². The summed E-state index contributed by atoms with van der Waals surface area (Å²) < 4.78 is 36.1. The van der Waals surface area contributed by atoms with E-state index in [0.717, 1.165) is 6.07 Å². The Morgan fingerprint density at radius 2 is 1.72 bits per heavy atom. The molecule has 1 N–H and O–H groups in total. The summed E-state index contributed by atoms with van der Waals surface area (Å²) in [6.07, 6.45) is 0. The molecule has 0 atom stereocenters. The minimum Gasteiger partial charge on any atom is -0.495 e. The number of Topliss-reactive ketones (excluding diaryl/α,β-unsaturated/α-hetero) is 1. The minimum absolute atomic E-state index is 0.00418. The number of sulfonamides is 1. The van der Waals surface area contributed by atoms with Gasteiger partial charge in [-0.05, 0) is 25.2 Å². The number of nitrogens with one attached hydrogen (secondary N) is 1. The smallest absolute Gasteiger partial charge is 0.338 e. The number of hydrogen-bond acceptors (Lipinski definition) is 6. The SMILES string of the molecule is CNS(=O)(=O)c1cc(C(=O)OCC(=O)c2ccccc2)ccc1OC. The van der Waals surface area contributed by atoms with Gasteiger partial charge in [0.2, 0.25) is 10.0 Å². The average molecular weight is 363 g/mol. The summed E-state index contributed by atoms with van der Waals surface area (Å²) in [5.41, 5.74) is 0.416. The number of hydrogen-bond donors (Lipinski definition) is 1. The molecule has 0 heterocycles. The van der Waals surface area contributed by atoms with Crippen molar-refractivity contribution in [3.05, 3.63) is 59.7 Å². The van der Waals surface area contributed by atoms with E-state index in [4.69, 9.17) is 9.47 Å². The van der Waals surface area contributed by atoms with Gasteiger partial charge in [0, 0.05) is 5.56 Å². The van der Waals surface area contributed by atoms with Crippen LogP contribution in [0.2, 0.25) is 0 Å². The molecule has 0 unspecified atom stereocenters. The molecule has 0 fully saturated rings. The van der Waals surface area contributed by atoms with Crippen molar-refractivity contribution in [1.29, 1.82) is 0 Å². The normalized spacial score (nSPS) is 11.0. The second kappa shape index (κ2) is 7.91. The molecule has 0 saturated carbocycles. The van der Waals surface area contributed by atoms with Crippen LogP contribution in [-0.2, 0) is 14.8 Å². The molecule has 132 valence electrons. The fourth-order valence-corrected chi connectivity index (χ4v) is 2.96. The Bertz CT molecular complexity index is 877. The van der Waals surface area contributed by atoms with Gasteiger partial charge in [0.1, 0.15) is 10.6 Å². The number of rotatable bonds is 7. The molecule has 2 aromatic rings. The number of methoxy groups -OCH3 is 1. The third-order valence-corrected chi connectivity index (χ3v) is 4.82. The molecule has 0 spiro atoms. The van der Waals surface area contributed by atoms with Crippen molar-refractivity contribution in [3.8, 4) is 5.75 Å². The van der Waals surface area contributed by atoms with E-state index in [0.29, 0.717) is 5.56 Å². The van der Waals surface area contributed by atoms with Crippen molar-refractivity contribution in [2.24, 2.45) is 0 Å². The van der Waals surface area contributed by atoms with E-state index in [1.807, 2.05) is 0 Å². The topological polar surface area (TPSA) is 98.8 Å². The number of ketones is 1. The lowest BCUT2D eigenvalue weighted by atomic mass is 10.1. The second-order valence-corrected chi connectivity index (χ2v) is 6.79. The summed E-state index contributed by atoms with van der Waals surface area (Å²) in [6, 6.07) is 12.2. The zero-order valence-electron chi connectivity index (χ0n) is 13.7. The Kier molecular flexibility index (Phi) is 5.89. The van der Waals surface area contributed by atoms with Gasteiger partial charge in [-0.3, -0.25) is 4.79 Å². The van der Waals surface area contributed by atoms with E-state index in [2.05, 4.69) is 4.72 Å². The summed E-state index contributed by atoms with van der Waals surface area (Å²) in [7, 11) is -1.25. The molecular weight excluding hydrogens is 346 g/mol. The van der Waals surface area contributed by atoms with E-state index in [-0.39, 0.29) is 22.0 Å². The molecule has 0 aliphatic carbocycles. The van der Waals surface area contributed by atoms with Crippen molar-refractivity contribution in [3.63, 3.8) is 0 Å². The maximum absolute atomic E-state index is 12.1. The lowest BCUT2D eigenvalue weighted by Crippen LogP contribution is -2.20. The number of benzene rings is 2. The first-order valence-corrected chi connectivity index (χ1v) is 8.74. The highest BCUT2D eigenvalue weighted by Gasteiger charge is 2.21. The summed E-state index contributed by atoms with van der Waals surface area (Å²) in [4.78, 5) is 23.9. The van der Waals surface area contributed by atoms with Gasteiger partial charge in [-0.15, -0.1) is 0 Å². The zero-order chi connectivity index (χ0) is 18.4. The molecule has 7 nitrogen and oxygen atoms in total. The van der Waals surface area contributed by atoms with Gasteiger partial charge in [-0.25, -0.2) is 17.9 Å². The first kappa shape index (κ1) is 18.6. The average Bonchev–Trinajstić information content (AvgIpc) is 2.65. The van der Waals surface area contributed by atoms with E-state index in [1.165, 1.54) is 26.3 Å². The fourth-order valence-electron chi connectivity index (χ4n) is 2.05. The van der Waals surface area contributed by atoms with Crippen LogP contribution in [0.15, 0.2) is 53.4 Å². The third-order valence-electron chi connectivity index (χ3n) is 3.39. The second-order valence-electron chi connectivity index (χ2n) is 4.94. The van der Waals surface area contributed by atoms with E-state index in [9.17, 15) is 18.0 Å². The molecule has 2 aromatic carbocycles. The Morgan fingerprint density at radius 3 is 2.32 bits per heavy atom. The standard InChI is InChI=1S/C17H17NO6S/c1-18-25(21,22)16-10-13(8-9-15(16)23-2)17(20)24-11-14(19)12-6-4-3-5-7-12/h3-10,18H,11H2,1-2H3. The van der Waals surface area contributed by atoms with E-state index in [1.54, 1.807) is 30.3 Å².